The van der Waals surface area contributed by atoms with Crippen molar-refractivity contribution in [3.63, 3.8) is 0 Å². The number of hydrogen-bond acceptors (Lipinski definition) is 3. The van der Waals surface area contributed by atoms with Crippen molar-refractivity contribution in [2.75, 3.05) is 7.11 Å². The molecule has 0 bridgehead atoms. The fourth-order valence-corrected chi connectivity index (χ4v) is 3.93. The third kappa shape index (κ3) is 4.12. The number of methoxy groups -OCH3 is 1. The second kappa shape index (κ2) is 7.16. The summed E-state index contributed by atoms with van der Waals surface area (Å²) in [5.41, 5.74) is 0. The fraction of sp³-hybridized carbons (Fsp3) is 0.938. The van der Waals surface area contributed by atoms with Gasteiger partial charge in [0.15, 0.2) is 0 Å². The summed E-state index contributed by atoms with van der Waals surface area (Å²) in [5, 5.41) is 0. The van der Waals surface area contributed by atoms with Crippen LogP contribution in [0.25, 0.3) is 0 Å². The number of carbonyl (C=O) groups excluding carboxylic acids is 1. The molecule has 0 amide bonds. The fourth-order valence-electron chi connectivity index (χ4n) is 3.93. The first kappa shape index (κ1) is 14.7. The number of carbonyl (C=O) groups is 1. The van der Waals surface area contributed by atoms with Crippen LogP contribution < -0.4 is 0 Å². The molecule has 0 heterocycles. The lowest BCUT2D eigenvalue weighted by Gasteiger charge is -2.37. The van der Waals surface area contributed by atoms with E-state index < -0.39 is 6.16 Å². The molecule has 3 heteroatoms. The second-order valence-corrected chi connectivity index (χ2v) is 6.30. The van der Waals surface area contributed by atoms with Crippen LogP contribution in [0.2, 0.25) is 0 Å². The van der Waals surface area contributed by atoms with Gasteiger partial charge in [0.25, 0.3) is 0 Å². The average molecular weight is 268 g/mol. The normalized spacial score (nSPS) is 35.7. The van der Waals surface area contributed by atoms with Gasteiger partial charge in [0.05, 0.1) is 7.11 Å². The summed E-state index contributed by atoms with van der Waals surface area (Å²) in [6, 6.07) is 0. The maximum absolute atomic E-state index is 11.1. The minimum Gasteiger partial charge on any atom is -0.438 e. The van der Waals surface area contributed by atoms with E-state index in [2.05, 4.69) is 11.7 Å². The molecule has 110 valence electrons. The Labute approximate surface area is 117 Å². The molecule has 0 atom stereocenters. The van der Waals surface area contributed by atoms with Crippen LogP contribution in [-0.2, 0) is 9.47 Å². The van der Waals surface area contributed by atoms with Crippen LogP contribution in [-0.4, -0.2) is 19.4 Å². The molecule has 0 spiro atoms. The summed E-state index contributed by atoms with van der Waals surface area (Å²) in [4.78, 5) is 11.1. The van der Waals surface area contributed by atoms with Gasteiger partial charge in [-0.25, -0.2) is 4.79 Å². The molecule has 0 aromatic heterocycles. The highest BCUT2D eigenvalue weighted by atomic mass is 16.7. The Bertz CT molecular complexity index is 274. The van der Waals surface area contributed by atoms with Gasteiger partial charge in [0.2, 0.25) is 0 Å². The third-order valence-electron chi connectivity index (χ3n) is 5.28. The van der Waals surface area contributed by atoms with Gasteiger partial charge in [-0.15, -0.1) is 0 Å². The maximum atomic E-state index is 11.1. The van der Waals surface area contributed by atoms with Crippen LogP contribution >= 0.6 is 0 Å². The standard InChI is InChI=1S/C16H28O3/c1-3-12-4-6-13(7-5-12)14-8-10-15(11-9-14)19-16(17)18-2/h12-15H,3-11H2,1-2H3. The highest BCUT2D eigenvalue weighted by Gasteiger charge is 2.31. The van der Waals surface area contributed by atoms with E-state index in [0.29, 0.717) is 0 Å². The Morgan fingerprint density at radius 1 is 0.947 bits per heavy atom. The van der Waals surface area contributed by atoms with Crippen LogP contribution in [0.5, 0.6) is 0 Å². The summed E-state index contributed by atoms with van der Waals surface area (Å²) in [6.45, 7) is 2.32. The molecule has 2 aliphatic rings. The van der Waals surface area contributed by atoms with Gasteiger partial charge in [0.1, 0.15) is 6.10 Å². The van der Waals surface area contributed by atoms with Gasteiger partial charge in [-0.1, -0.05) is 26.2 Å². The molecule has 0 aromatic carbocycles. The van der Waals surface area contributed by atoms with Crippen LogP contribution in [0, 0.1) is 17.8 Å². The van der Waals surface area contributed by atoms with E-state index in [1.54, 1.807) is 0 Å². The van der Waals surface area contributed by atoms with Crippen molar-refractivity contribution in [2.45, 2.75) is 70.8 Å². The van der Waals surface area contributed by atoms with Gasteiger partial charge >= 0.3 is 6.16 Å². The minimum absolute atomic E-state index is 0.0932. The lowest BCUT2D eigenvalue weighted by molar-refractivity contribution is 0.00919. The van der Waals surface area contributed by atoms with Gasteiger partial charge in [0, 0.05) is 0 Å². The Morgan fingerprint density at radius 3 is 1.95 bits per heavy atom. The molecule has 2 aliphatic carbocycles. The zero-order valence-electron chi connectivity index (χ0n) is 12.4. The van der Waals surface area contributed by atoms with E-state index in [9.17, 15) is 4.79 Å². The maximum Gasteiger partial charge on any atom is 0.508 e. The molecule has 0 radical (unpaired) electrons. The molecular formula is C16H28O3. The van der Waals surface area contributed by atoms with Crippen molar-refractivity contribution in [1.29, 1.82) is 0 Å². The van der Waals surface area contributed by atoms with Crippen molar-refractivity contribution < 1.29 is 14.3 Å². The molecule has 3 nitrogen and oxygen atoms in total. The summed E-state index contributed by atoms with van der Waals surface area (Å²) in [7, 11) is 1.38. The van der Waals surface area contributed by atoms with Gasteiger partial charge < -0.3 is 9.47 Å². The Hall–Kier alpha value is -0.730. The first-order chi connectivity index (χ1) is 9.22. The molecule has 0 aliphatic heterocycles. The van der Waals surface area contributed by atoms with Gasteiger partial charge in [-0.2, -0.15) is 0 Å². The lowest BCUT2D eigenvalue weighted by Crippen LogP contribution is -2.29. The molecule has 0 unspecified atom stereocenters. The molecule has 0 N–H and O–H groups in total. The topological polar surface area (TPSA) is 35.5 Å². The van der Waals surface area contributed by atoms with Crippen molar-refractivity contribution in [3.05, 3.63) is 0 Å². The molecule has 0 saturated heterocycles. The first-order valence-corrected chi connectivity index (χ1v) is 7.97. The van der Waals surface area contributed by atoms with Crippen molar-refractivity contribution in [1.82, 2.24) is 0 Å². The first-order valence-electron chi connectivity index (χ1n) is 7.97. The van der Waals surface area contributed by atoms with Gasteiger partial charge in [-0.05, 0) is 56.3 Å². The average Bonchev–Trinajstić information content (AvgIpc) is 2.48. The van der Waals surface area contributed by atoms with Crippen LogP contribution in [0.4, 0.5) is 4.79 Å². The Morgan fingerprint density at radius 2 is 1.47 bits per heavy atom. The van der Waals surface area contributed by atoms with Gasteiger partial charge in [-0.3, -0.25) is 0 Å². The van der Waals surface area contributed by atoms with Crippen LogP contribution in [0.3, 0.4) is 0 Å². The molecule has 0 aromatic rings. The van der Waals surface area contributed by atoms with Crippen LogP contribution in [0.1, 0.15) is 64.7 Å². The predicted octanol–water partition coefficient (Wildman–Crippen LogP) is 4.54. The number of rotatable bonds is 3. The van der Waals surface area contributed by atoms with E-state index >= 15 is 0 Å². The second-order valence-electron chi connectivity index (χ2n) is 6.30. The molecule has 19 heavy (non-hydrogen) atoms. The molecule has 2 saturated carbocycles. The predicted molar refractivity (Wildman–Crippen MR) is 75.0 cm³/mol. The minimum atomic E-state index is -0.521. The van der Waals surface area contributed by atoms with E-state index in [-0.39, 0.29) is 6.10 Å². The molecule has 2 fully saturated rings. The lowest BCUT2D eigenvalue weighted by atomic mass is 9.70. The van der Waals surface area contributed by atoms with E-state index in [1.165, 1.54) is 52.1 Å². The smallest absolute Gasteiger partial charge is 0.438 e. The number of ether oxygens (including phenoxy) is 2. The van der Waals surface area contributed by atoms with Crippen molar-refractivity contribution in [3.8, 4) is 0 Å². The number of hydrogen-bond donors (Lipinski definition) is 0. The quantitative estimate of drug-likeness (QED) is 0.705. The van der Waals surface area contributed by atoms with Crippen LogP contribution in [0.15, 0.2) is 0 Å². The summed E-state index contributed by atoms with van der Waals surface area (Å²) >= 11 is 0. The SMILES string of the molecule is CCC1CCC(C2CCC(OC(=O)OC)CC2)CC1. The van der Waals surface area contributed by atoms with Crippen molar-refractivity contribution in [2.24, 2.45) is 17.8 Å². The monoisotopic (exact) mass is 268 g/mol. The zero-order chi connectivity index (χ0) is 13.7. The summed E-state index contributed by atoms with van der Waals surface area (Å²) in [6.07, 6.45) is 11.1. The molecular weight excluding hydrogens is 240 g/mol. The van der Waals surface area contributed by atoms with E-state index in [4.69, 9.17) is 4.74 Å². The van der Waals surface area contributed by atoms with E-state index in [0.717, 1.165) is 30.6 Å². The zero-order valence-corrected chi connectivity index (χ0v) is 12.4. The van der Waals surface area contributed by atoms with E-state index in [1.807, 2.05) is 0 Å². The Balaban J connectivity index is 1.70. The largest absolute Gasteiger partial charge is 0.508 e. The highest BCUT2D eigenvalue weighted by Crippen LogP contribution is 2.41. The summed E-state index contributed by atoms with van der Waals surface area (Å²) in [5.74, 6) is 2.78. The highest BCUT2D eigenvalue weighted by molar-refractivity contribution is 5.59. The summed E-state index contributed by atoms with van der Waals surface area (Å²) < 4.78 is 9.81. The Kier molecular flexibility index (Phi) is 5.53. The molecule has 2 rings (SSSR count). The van der Waals surface area contributed by atoms with Crippen molar-refractivity contribution >= 4 is 6.16 Å². The third-order valence-corrected chi connectivity index (χ3v) is 5.28.